The molecule has 3 aliphatic rings. The van der Waals surface area contributed by atoms with Crippen molar-refractivity contribution in [2.45, 2.75) is 43.7 Å². The average Bonchev–Trinajstić information content (AvgIpc) is 3.39. The van der Waals surface area contributed by atoms with E-state index in [1.54, 1.807) is 0 Å². The number of aromatic nitrogens is 2. The van der Waals surface area contributed by atoms with Gasteiger partial charge in [-0.1, -0.05) is 18.2 Å². The van der Waals surface area contributed by atoms with Gasteiger partial charge in [-0.15, -0.1) is 0 Å². The summed E-state index contributed by atoms with van der Waals surface area (Å²) in [4.78, 5) is 6.76. The van der Waals surface area contributed by atoms with Crippen LogP contribution >= 0.6 is 0 Å². The van der Waals surface area contributed by atoms with Gasteiger partial charge in [0.1, 0.15) is 0 Å². The van der Waals surface area contributed by atoms with Crippen LogP contribution in [0.25, 0.3) is 10.9 Å². The molecule has 3 aromatic rings. The van der Waals surface area contributed by atoms with Crippen molar-refractivity contribution in [3.05, 3.63) is 65.6 Å². The van der Waals surface area contributed by atoms with E-state index in [2.05, 4.69) is 45.8 Å². The van der Waals surface area contributed by atoms with Crippen molar-refractivity contribution in [3.63, 3.8) is 0 Å². The maximum atomic E-state index is 6.25. The van der Waals surface area contributed by atoms with Crippen molar-refractivity contribution >= 4 is 10.9 Å². The van der Waals surface area contributed by atoms with Gasteiger partial charge in [0.2, 0.25) is 5.79 Å². The number of hydrogen-bond acceptors (Lipinski definition) is 4. The Balaban J connectivity index is 1.53. The number of ether oxygens (including phenoxy) is 2. The third-order valence-electron chi connectivity index (χ3n) is 6.97. The van der Waals surface area contributed by atoms with Crippen molar-refractivity contribution in [3.8, 4) is 0 Å². The third-order valence-corrected chi connectivity index (χ3v) is 6.97. The lowest BCUT2D eigenvalue weighted by Crippen LogP contribution is -2.37. The number of nitrogens with zero attached hydrogens (tertiary/aromatic N) is 3. The molecule has 2 atom stereocenters. The molecule has 2 fully saturated rings. The zero-order valence-corrected chi connectivity index (χ0v) is 16.2. The van der Waals surface area contributed by atoms with Gasteiger partial charge in [0.15, 0.2) is 0 Å². The van der Waals surface area contributed by atoms with Gasteiger partial charge in [0.25, 0.3) is 0 Å². The summed E-state index contributed by atoms with van der Waals surface area (Å²) < 4.78 is 15.0. The van der Waals surface area contributed by atoms with Crippen LogP contribution in [-0.4, -0.2) is 40.8 Å². The molecule has 0 N–H and O–H groups in total. The van der Waals surface area contributed by atoms with Gasteiger partial charge in [0, 0.05) is 53.1 Å². The largest absolute Gasteiger partial charge is 0.342 e. The number of likely N-dealkylation sites (N-methyl/N-ethyl adjacent to an activating group) is 1. The standard InChI is InChI=1S/C23H25N3O2/c1-25-17-6-7-20(25)22-18-4-2-3-5-19(18)26(21(22)14-17)15-23(27-12-13-28-23)16-8-10-24-11-9-16/h2-5,8-11,17,20H,6-7,12-15H2,1H3. The Morgan fingerprint density at radius 1 is 1.07 bits per heavy atom. The first kappa shape index (κ1) is 16.7. The molecule has 5 heterocycles. The number of benzene rings is 1. The van der Waals surface area contributed by atoms with Gasteiger partial charge in [-0.25, -0.2) is 0 Å². The topological polar surface area (TPSA) is 39.5 Å². The van der Waals surface area contributed by atoms with Crippen LogP contribution in [0.5, 0.6) is 0 Å². The molecule has 5 heteroatoms. The second-order valence-electron chi connectivity index (χ2n) is 8.27. The Kier molecular flexibility index (Phi) is 3.67. The number of fused-ring (bicyclic) bond motifs is 6. The highest BCUT2D eigenvalue weighted by molar-refractivity contribution is 5.86. The van der Waals surface area contributed by atoms with E-state index in [9.17, 15) is 0 Å². The highest BCUT2D eigenvalue weighted by Crippen LogP contribution is 2.47. The molecule has 2 aromatic heterocycles. The number of hydrogen-bond donors (Lipinski definition) is 0. The second-order valence-corrected chi connectivity index (χ2v) is 8.27. The van der Waals surface area contributed by atoms with Crippen LogP contribution in [0.3, 0.4) is 0 Å². The molecular formula is C23H25N3O2. The predicted molar refractivity (Wildman–Crippen MR) is 107 cm³/mol. The molecule has 2 bridgehead atoms. The monoisotopic (exact) mass is 375 g/mol. The molecule has 0 radical (unpaired) electrons. The molecule has 0 amide bonds. The quantitative estimate of drug-likeness (QED) is 0.701. The predicted octanol–water partition coefficient (Wildman–Crippen LogP) is 3.63. The van der Waals surface area contributed by atoms with Crippen LogP contribution < -0.4 is 0 Å². The summed E-state index contributed by atoms with van der Waals surface area (Å²) in [6.45, 7) is 1.92. The molecular weight excluding hydrogens is 350 g/mol. The Bertz CT molecular complexity index is 1020. The maximum Gasteiger partial charge on any atom is 0.213 e. The molecule has 1 aromatic carbocycles. The first-order chi connectivity index (χ1) is 13.8. The first-order valence-corrected chi connectivity index (χ1v) is 10.3. The van der Waals surface area contributed by atoms with Gasteiger partial charge >= 0.3 is 0 Å². The molecule has 2 saturated heterocycles. The maximum absolute atomic E-state index is 6.25. The number of pyridine rings is 1. The number of para-hydroxylation sites is 1. The van der Waals surface area contributed by atoms with Crippen molar-refractivity contribution in [2.24, 2.45) is 0 Å². The lowest BCUT2D eigenvalue weighted by Gasteiger charge is -2.34. The van der Waals surface area contributed by atoms with E-state index in [-0.39, 0.29) is 0 Å². The summed E-state index contributed by atoms with van der Waals surface area (Å²) in [6, 6.07) is 14.0. The van der Waals surface area contributed by atoms with Gasteiger partial charge < -0.3 is 14.0 Å². The minimum atomic E-state index is -0.735. The summed E-state index contributed by atoms with van der Waals surface area (Å²) in [5.41, 5.74) is 5.33. The van der Waals surface area contributed by atoms with E-state index in [0.717, 1.165) is 12.0 Å². The highest BCUT2D eigenvalue weighted by Gasteiger charge is 2.44. The fraction of sp³-hybridized carbons (Fsp3) is 0.435. The molecule has 28 heavy (non-hydrogen) atoms. The SMILES string of the molecule is CN1C2CCC1c1c(n(CC3(c4ccncc4)OCCO3)c3ccccc13)C2. The molecule has 144 valence electrons. The summed E-state index contributed by atoms with van der Waals surface area (Å²) in [5.74, 6) is -0.735. The van der Waals surface area contributed by atoms with E-state index < -0.39 is 5.79 Å². The van der Waals surface area contributed by atoms with Crippen LogP contribution in [0.2, 0.25) is 0 Å². The van der Waals surface area contributed by atoms with Crippen molar-refractivity contribution in [1.82, 2.24) is 14.5 Å². The number of rotatable bonds is 3. The van der Waals surface area contributed by atoms with E-state index in [1.165, 1.54) is 35.0 Å². The zero-order valence-electron chi connectivity index (χ0n) is 16.2. The highest BCUT2D eigenvalue weighted by atomic mass is 16.7. The molecule has 3 aliphatic heterocycles. The third kappa shape index (κ3) is 2.27. The molecule has 0 spiro atoms. The summed E-state index contributed by atoms with van der Waals surface area (Å²) >= 11 is 0. The summed E-state index contributed by atoms with van der Waals surface area (Å²) in [6.07, 6.45) is 7.28. The smallest absolute Gasteiger partial charge is 0.213 e. The minimum absolute atomic E-state index is 0.530. The van der Waals surface area contributed by atoms with Crippen molar-refractivity contribution < 1.29 is 9.47 Å². The van der Waals surface area contributed by atoms with Crippen LogP contribution in [-0.2, 0) is 28.2 Å². The Morgan fingerprint density at radius 3 is 2.68 bits per heavy atom. The first-order valence-electron chi connectivity index (χ1n) is 10.3. The Labute approximate surface area is 164 Å². The van der Waals surface area contributed by atoms with Gasteiger partial charge in [-0.2, -0.15) is 0 Å². The zero-order chi connectivity index (χ0) is 18.7. The van der Waals surface area contributed by atoms with Crippen molar-refractivity contribution in [2.75, 3.05) is 20.3 Å². The summed E-state index contributed by atoms with van der Waals surface area (Å²) in [7, 11) is 2.29. The van der Waals surface area contributed by atoms with Gasteiger partial charge in [-0.05, 0) is 43.7 Å². The van der Waals surface area contributed by atoms with Gasteiger partial charge in [0.05, 0.1) is 19.8 Å². The van der Waals surface area contributed by atoms with E-state index in [4.69, 9.17) is 9.47 Å². The van der Waals surface area contributed by atoms with Crippen LogP contribution in [0.4, 0.5) is 0 Å². The van der Waals surface area contributed by atoms with Crippen molar-refractivity contribution in [1.29, 1.82) is 0 Å². The van der Waals surface area contributed by atoms with Gasteiger partial charge in [-0.3, -0.25) is 9.88 Å². The summed E-state index contributed by atoms with van der Waals surface area (Å²) in [5, 5.41) is 1.39. The van der Waals surface area contributed by atoms with Crippen LogP contribution in [0.15, 0.2) is 48.8 Å². The fourth-order valence-electron chi connectivity index (χ4n) is 5.60. The van der Waals surface area contributed by atoms with E-state index in [1.807, 2.05) is 24.5 Å². The Hall–Kier alpha value is -2.21. The molecule has 5 nitrogen and oxygen atoms in total. The lowest BCUT2D eigenvalue weighted by molar-refractivity contribution is -0.175. The average molecular weight is 375 g/mol. The van der Waals surface area contributed by atoms with Crippen LogP contribution in [0, 0.1) is 0 Å². The van der Waals surface area contributed by atoms with Crippen LogP contribution in [0.1, 0.15) is 35.7 Å². The molecule has 2 unspecified atom stereocenters. The molecule has 6 rings (SSSR count). The molecule has 0 aliphatic carbocycles. The fourth-order valence-corrected chi connectivity index (χ4v) is 5.60. The molecule has 0 saturated carbocycles. The van der Waals surface area contributed by atoms with E-state index in [0.29, 0.717) is 31.8 Å². The second kappa shape index (κ2) is 6.14. The normalized spacial score (nSPS) is 26.0. The van der Waals surface area contributed by atoms with E-state index >= 15 is 0 Å². The minimum Gasteiger partial charge on any atom is -0.342 e. The Morgan fingerprint density at radius 2 is 1.86 bits per heavy atom. The lowest BCUT2D eigenvalue weighted by atomic mass is 9.97.